The molecule has 1 heteroatoms. The van der Waals surface area contributed by atoms with Gasteiger partial charge in [0.2, 0.25) is 0 Å². The summed E-state index contributed by atoms with van der Waals surface area (Å²) >= 11 is 0. The van der Waals surface area contributed by atoms with E-state index in [-0.39, 0.29) is 0 Å². The maximum atomic E-state index is 3.79. The topological polar surface area (TPSA) is 3.24 Å². The number of likely N-dealkylation sites (tertiary alicyclic amines) is 1. The molecular formula is C15H33N. The first-order valence-electron chi connectivity index (χ1n) is 7.09. The maximum Gasteiger partial charge on any atom is 0.0272 e. The monoisotopic (exact) mass is 227 g/mol. The molecule has 1 fully saturated rings. The van der Waals surface area contributed by atoms with Gasteiger partial charge in [0.05, 0.1) is 0 Å². The Labute approximate surface area is 104 Å². The van der Waals surface area contributed by atoms with E-state index in [1.165, 1.54) is 45.1 Å². The van der Waals surface area contributed by atoms with Gasteiger partial charge < -0.3 is 0 Å². The summed E-state index contributed by atoms with van der Waals surface area (Å²) in [6.45, 7) is 13.5. The Kier molecular flexibility index (Phi) is 16.6. The lowest BCUT2D eigenvalue weighted by atomic mass is 10.0. The number of hydrogen-bond donors (Lipinski definition) is 0. The molecule has 1 aliphatic heterocycles. The molecule has 1 heterocycles. The molecule has 1 aliphatic rings. The van der Waals surface area contributed by atoms with E-state index >= 15 is 0 Å². The first-order chi connectivity index (χ1) is 7.76. The average molecular weight is 227 g/mol. The lowest BCUT2D eigenvalue weighted by Gasteiger charge is -2.29. The fraction of sp³-hybridized carbons (Fsp3) is 0.867. The van der Waals surface area contributed by atoms with Crippen LogP contribution in [0.25, 0.3) is 0 Å². The van der Waals surface area contributed by atoms with Crippen molar-refractivity contribution in [3.8, 4) is 0 Å². The molecule has 0 bridgehead atoms. The summed E-state index contributed by atoms with van der Waals surface area (Å²) in [5.74, 6) is 0. The van der Waals surface area contributed by atoms with Crippen LogP contribution in [0.4, 0.5) is 0 Å². The van der Waals surface area contributed by atoms with Crippen LogP contribution in [0.5, 0.6) is 0 Å². The normalized spacial score (nSPS) is 19.9. The van der Waals surface area contributed by atoms with Crippen LogP contribution >= 0.6 is 0 Å². The van der Waals surface area contributed by atoms with Gasteiger partial charge in [0.1, 0.15) is 0 Å². The van der Waals surface area contributed by atoms with Crippen molar-refractivity contribution in [2.24, 2.45) is 0 Å². The van der Waals surface area contributed by atoms with Gasteiger partial charge in [-0.3, -0.25) is 4.90 Å². The smallest absolute Gasteiger partial charge is 0.0272 e. The van der Waals surface area contributed by atoms with Crippen LogP contribution in [0.3, 0.4) is 0 Å². The number of piperidine rings is 1. The summed E-state index contributed by atoms with van der Waals surface area (Å²) in [7, 11) is 2.17. The van der Waals surface area contributed by atoms with Crippen LogP contribution in [-0.4, -0.2) is 24.5 Å². The zero-order valence-corrected chi connectivity index (χ0v) is 12.3. The maximum absolute atomic E-state index is 3.79. The van der Waals surface area contributed by atoms with Gasteiger partial charge in [-0.1, -0.05) is 59.5 Å². The summed E-state index contributed by atoms with van der Waals surface area (Å²) < 4.78 is 0. The third-order valence-electron chi connectivity index (χ3n) is 2.81. The van der Waals surface area contributed by atoms with Crippen molar-refractivity contribution in [2.75, 3.05) is 13.6 Å². The quantitative estimate of drug-likeness (QED) is 0.621. The Morgan fingerprint density at radius 2 is 1.75 bits per heavy atom. The van der Waals surface area contributed by atoms with Crippen molar-refractivity contribution in [3.63, 3.8) is 0 Å². The zero-order valence-electron chi connectivity index (χ0n) is 12.3. The second-order valence-corrected chi connectivity index (χ2v) is 4.13. The second-order valence-electron chi connectivity index (χ2n) is 4.13. The molecule has 98 valence electrons. The van der Waals surface area contributed by atoms with Gasteiger partial charge in [-0.15, -0.1) is 6.58 Å². The van der Waals surface area contributed by atoms with E-state index in [1.54, 1.807) is 0 Å². The SMILES string of the molecule is C=CC1CCCCN1C.CC.CCCCC. The molecule has 0 aliphatic carbocycles. The van der Waals surface area contributed by atoms with Crippen molar-refractivity contribution < 1.29 is 0 Å². The van der Waals surface area contributed by atoms with E-state index in [4.69, 9.17) is 0 Å². The molecule has 0 N–H and O–H groups in total. The fourth-order valence-electron chi connectivity index (χ4n) is 1.75. The van der Waals surface area contributed by atoms with Crippen molar-refractivity contribution in [1.82, 2.24) is 4.90 Å². The Bertz CT molecular complexity index is 129. The third-order valence-corrected chi connectivity index (χ3v) is 2.81. The molecule has 0 saturated carbocycles. The highest BCUT2D eigenvalue weighted by Gasteiger charge is 2.14. The number of nitrogens with zero attached hydrogens (tertiary/aromatic N) is 1. The van der Waals surface area contributed by atoms with Gasteiger partial charge in [-0.2, -0.15) is 0 Å². The molecule has 0 aromatic carbocycles. The highest BCUT2D eigenvalue weighted by molar-refractivity contribution is 4.88. The van der Waals surface area contributed by atoms with Crippen LogP contribution in [0.2, 0.25) is 0 Å². The second kappa shape index (κ2) is 14.7. The van der Waals surface area contributed by atoms with Gasteiger partial charge >= 0.3 is 0 Å². The fourth-order valence-corrected chi connectivity index (χ4v) is 1.75. The predicted molar refractivity (Wildman–Crippen MR) is 77.0 cm³/mol. The van der Waals surface area contributed by atoms with E-state index in [9.17, 15) is 0 Å². The molecule has 0 aromatic rings. The van der Waals surface area contributed by atoms with Crippen molar-refractivity contribution in [3.05, 3.63) is 12.7 Å². The molecular weight excluding hydrogens is 194 g/mol. The molecule has 16 heavy (non-hydrogen) atoms. The van der Waals surface area contributed by atoms with Gasteiger partial charge in [-0.25, -0.2) is 0 Å². The van der Waals surface area contributed by atoms with Crippen molar-refractivity contribution in [2.45, 2.75) is 72.3 Å². The Morgan fingerprint density at radius 3 is 2.00 bits per heavy atom. The molecule has 0 spiro atoms. The predicted octanol–water partition coefficient (Wildman–Crippen LogP) is 4.88. The molecule has 0 radical (unpaired) electrons. The first kappa shape index (κ1) is 18.1. The van der Waals surface area contributed by atoms with E-state index in [0.29, 0.717) is 6.04 Å². The van der Waals surface area contributed by atoms with Gasteiger partial charge in [0.15, 0.2) is 0 Å². The largest absolute Gasteiger partial charge is 0.300 e. The Morgan fingerprint density at radius 1 is 1.19 bits per heavy atom. The third kappa shape index (κ3) is 10.2. The molecule has 1 saturated heterocycles. The summed E-state index contributed by atoms with van der Waals surface area (Å²) in [6, 6.07) is 0.652. The van der Waals surface area contributed by atoms with E-state index in [1.807, 2.05) is 13.8 Å². The first-order valence-corrected chi connectivity index (χ1v) is 7.09. The van der Waals surface area contributed by atoms with Crippen molar-refractivity contribution >= 4 is 0 Å². The molecule has 1 nitrogen and oxygen atoms in total. The molecule has 1 unspecified atom stereocenters. The van der Waals surface area contributed by atoms with E-state index in [0.717, 1.165) is 0 Å². The summed E-state index contributed by atoms with van der Waals surface area (Å²) in [5, 5.41) is 0. The molecule has 1 rings (SSSR count). The zero-order chi connectivity index (χ0) is 12.8. The molecule has 1 atom stereocenters. The average Bonchev–Trinajstić information content (AvgIpc) is 2.34. The minimum atomic E-state index is 0.652. The number of rotatable bonds is 3. The van der Waals surface area contributed by atoms with E-state index in [2.05, 4.69) is 38.5 Å². The van der Waals surface area contributed by atoms with Crippen LogP contribution in [0, 0.1) is 0 Å². The highest BCUT2D eigenvalue weighted by Crippen LogP contribution is 2.14. The Hall–Kier alpha value is -0.300. The number of likely N-dealkylation sites (N-methyl/N-ethyl adjacent to an activating group) is 1. The highest BCUT2D eigenvalue weighted by atomic mass is 15.1. The van der Waals surface area contributed by atoms with Crippen LogP contribution in [0.1, 0.15) is 66.2 Å². The lowest BCUT2D eigenvalue weighted by Crippen LogP contribution is -2.34. The Balaban J connectivity index is 0. The number of hydrogen-bond acceptors (Lipinski definition) is 1. The molecule has 0 aromatic heterocycles. The minimum Gasteiger partial charge on any atom is -0.300 e. The molecule has 0 amide bonds. The van der Waals surface area contributed by atoms with E-state index < -0.39 is 0 Å². The summed E-state index contributed by atoms with van der Waals surface area (Å²) in [5.41, 5.74) is 0. The minimum absolute atomic E-state index is 0.652. The standard InChI is InChI=1S/C8H15N.C5H12.C2H6/c1-3-8-6-4-5-7-9(8)2;1-3-5-4-2;1-2/h3,8H,1,4-7H2,2H3;3-5H2,1-2H3;1-2H3. The summed E-state index contributed by atoms with van der Waals surface area (Å²) in [6.07, 6.45) is 10.2. The van der Waals surface area contributed by atoms with Crippen LogP contribution < -0.4 is 0 Å². The lowest BCUT2D eigenvalue weighted by molar-refractivity contribution is 0.222. The van der Waals surface area contributed by atoms with Crippen molar-refractivity contribution in [1.29, 1.82) is 0 Å². The van der Waals surface area contributed by atoms with Gasteiger partial charge in [0, 0.05) is 6.04 Å². The van der Waals surface area contributed by atoms with Crippen LogP contribution in [0.15, 0.2) is 12.7 Å². The van der Waals surface area contributed by atoms with Gasteiger partial charge in [0.25, 0.3) is 0 Å². The van der Waals surface area contributed by atoms with Gasteiger partial charge in [-0.05, 0) is 26.4 Å². The number of unbranched alkanes of at least 4 members (excludes halogenated alkanes) is 2. The van der Waals surface area contributed by atoms with Crippen LogP contribution in [-0.2, 0) is 0 Å². The summed E-state index contributed by atoms with van der Waals surface area (Å²) in [4.78, 5) is 2.37.